The fraction of sp³-hybridized carbons (Fsp3) is 0.458. The first kappa shape index (κ1) is 22.8. The average Bonchev–Trinajstić information content (AvgIpc) is 2.84. The number of fused-ring (bicyclic) bond motifs is 2. The number of nitrogens with zero attached hydrogens (tertiary/aromatic N) is 5. The lowest BCUT2D eigenvalue weighted by Crippen LogP contribution is -2.44. The van der Waals surface area contributed by atoms with Gasteiger partial charge in [-0.05, 0) is 38.4 Å². The van der Waals surface area contributed by atoms with Crippen molar-refractivity contribution in [2.75, 3.05) is 32.8 Å². The molecule has 5 heterocycles. The number of hydrogen-bond donors (Lipinski definition) is 0. The molecule has 3 aromatic rings. The number of hydrogen-bond acceptors (Lipinski definition) is 7. The summed E-state index contributed by atoms with van der Waals surface area (Å²) in [6, 6.07) is 5.43. The highest BCUT2D eigenvalue weighted by Crippen LogP contribution is 2.30. The van der Waals surface area contributed by atoms with Crippen LogP contribution in [0.15, 0.2) is 35.4 Å². The Kier molecular flexibility index (Phi) is 6.51. The van der Waals surface area contributed by atoms with E-state index in [9.17, 15) is 9.18 Å². The highest BCUT2D eigenvalue weighted by Gasteiger charge is 2.23. The van der Waals surface area contributed by atoms with E-state index in [2.05, 4.69) is 27.7 Å². The number of likely N-dealkylation sites (tertiary alicyclic amines) is 1. The van der Waals surface area contributed by atoms with Gasteiger partial charge in [0.1, 0.15) is 19.0 Å². The third-order valence-corrected chi connectivity index (χ3v) is 6.82. The lowest BCUT2D eigenvalue weighted by molar-refractivity contribution is 0.153. The lowest BCUT2D eigenvalue weighted by Gasteiger charge is -2.37. The van der Waals surface area contributed by atoms with Crippen LogP contribution < -0.4 is 15.0 Å². The summed E-state index contributed by atoms with van der Waals surface area (Å²) in [4.78, 5) is 26.0. The molecule has 178 valence electrons. The molecule has 5 rings (SSSR count). The zero-order valence-electron chi connectivity index (χ0n) is 19.7. The van der Waals surface area contributed by atoms with Crippen LogP contribution in [0.5, 0.6) is 11.5 Å². The van der Waals surface area contributed by atoms with Crippen LogP contribution in [-0.4, -0.2) is 71.1 Å². The highest BCUT2D eigenvalue weighted by molar-refractivity contribution is 6.04. The lowest BCUT2D eigenvalue weighted by atomic mass is 9.99. The summed E-state index contributed by atoms with van der Waals surface area (Å²) in [6.45, 7) is 6.89. The van der Waals surface area contributed by atoms with Crippen molar-refractivity contribution in [3.05, 3.63) is 58.0 Å². The van der Waals surface area contributed by atoms with Crippen LogP contribution in [0.4, 0.5) is 4.39 Å². The number of halogens is 1. The predicted octanol–water partition coefficient (Wildman–Crippen LogP) is 1.52. The van der Waals surface area contributed by atoms with Crippen molar-refractivity contribution in [3.63, 3.8) is 0 Å². The normalized spacial score (nSPS) is 16.9. The summed E-state index contributed by atoms with van der Waals surface area (Å²) in [5.41, 5.74) is 2.87. The van der Waals surface area contributed by atoms with Crippen molar-refractivity contribution in [2.24, 2.45) is 0 Å². The van der Waals surface area contributed by atoms with E-state index in [1.54, 1.807) is 16.8 Å². The van der Waals surface area contributed by atoms with Crippen LogP contribution >= 0.6 is 0 Å². The number of aromatic nitrogens is 3. The smallest absolute Gasteiger partial charge is 0.251 e. The van der Waals surface area contributed by atoms with Gasteiger partial charge in [0, 0.05) is 43.9 Å². The first-order valence-electron chi connectivity index (χ1n) is 11.8. The SMILES string of the molecule is BN(Cc1cc2c(cn1)OCCO2)C1CCN(CCn2c(=O)cc(C)c3ncc(F)cc32)CC1. The van der Waals surface area contributed by atoms with Gasteiger partial charge in [-0.2, -0.15) is 0 Å². The molecule has 0 amide bonds. The summed E-state index contributed by atoms with van der Waals surface area (Å²) >= 11 is 0. The van der Waals surface area contributed by atoms with Crippen molar-refractivity contribution in [1.29, 1.82) is 0 Å². The third kappa shape index (κ3) is 4.78. The maximum atomic E-state index is 13.8. The van der Waals surface area contributed by atoms with Gasteiger partial charge in [-0.25, -0.2) is 4.39 Å². The first-order chi connectivity index (χ1) is 16.5. The van der Waals surface area contributed by atoms with E-state index < -0.39 is 5.82 Å². The van der Waals surface area contributed by atoms with Gasteiger partial charge in [0.2, 0.25) is 0 Å². The van der Waals surface area contributed by atoms with Crippen molar-refractivity contribution in [1.82, 2.24) is 24.2 Å². The van der Waals surface area contributed by atoms with E-state index in [-0.39, 0.29) is 5.56 Å². The number of aryl methyl sites for hydroxylation is 1. The molecular weight excluding hydrogens is 436 g/mol. The van der Waals surface area contributed by atoms with Gasteiger partial charge in [0.05, 0.1) is 29.1 Å². The molecule has 34 heavy (non-hydrogen) atoms. The van der Waals surface area contributed by atoms with Crippen LogP contribution in [0.25, 0.3) is 11.0 Å². The van der Waals surface area contributed by atoms with E-state index in [1.807, 2.05) is 13.0 Å². The third-order valence-electron chi connectivity index (χ3n) is 6.82. The zero-order valence-corrected chi connectivity index (χ0v) is 19.7. The fourth-order valence-corrected chi connectivity index (χ4v) is 4.90. The molecule has 2 aliphatic rings. The molecule has 0 aromatic carbocycles. The maximum Gasteiger partial charge on any atom is 0.251 e. The summed E-state index contributed by atoms with van der Waals surface area (Å²) in [6.07, 6.45) is 5.03. The van der Waals surface area contributed by atoms with Gasteiger partial charge >= 0.3 is 0 Å². The van der Waals surface area contributed by atoms with Crippen LogP contribution in [-0.2, 0) is 13.1 Å². The Morgan fingerprint density at radius 2 is 1.85 bits per heavy atom. The molecule has 0 unspecified atom stereocenters. The van der Waals surface area contributed by atoms with Gasteiger partial charge in [0.15, 0.2) is 19.5 Å². The molecule has 3 aromatic heterocycles. The Hall–Kier alpha value is -2.98. The van der Waals surface area contributed by atoms with Crippen LogP contribution in [0, 0.1) is 12.7 Å². The average molecular weight is 465 g/mol. The zero-order chi connectivity index (χ0) is 23.7. The molecule has 8 nitrogen and oxygen atoms in total. The Bertz CT molecular complexity index is 1250. The van der Waals surface area contributed by atoms with Crippen LogP contribution in [0.3, 0.4) is 0 Å². The maximum absolute atomic E-state index is 13.8. The molecule has 0 saturated carbocycles. The molecule has 2 aliphatic heterocycles. The van der Waals surface area contributed by atoms with E-state index in [0.29, 0.717) is 42.6 Å². The molecule has 0 radical (unpaired) electrons. The van der Waals surface area contributed by atoms with Gasteiger partial charge in [0.25, 0.3) is 5.56 Å². The summed E-state index contributed by atoms with van der Waals surface area (Å²) < 4.78 is 26.7. The Morgan fingerprint density at radius 1 is 1.09 bits per heavy atom. The van der Waals surface area contributed by atoms with Gasteiger partial charge < -0.3 is 23.8 Å². The quantitative estimate of drug-likeness (QED) is 0.512. The minimum atomic E-state index is -0.428. The first-order valence-corrected chi connectivity index (χ1v) is 11.8. The Labute approximate surface area is 198 Å². The minimum Gasteiger partial charge on any atom is -0.486 e. The summed E-state index contributed by atoms with van der Waals surface area (Å²) in [5, 5.41) is 0. The van der Waals surface area contributed by atoms with E-state index in [4.69, 9.17) is 9.47 Å². The highest BCUT2D eigenvalue weighted by atomic mass is 19.1. The van der Waals surface area contributed by atoms with E-state index in [0.717, 1.165) is 56.0 Å². The Balaban J connectivity index is 1.17. The molecule has 0 bridgehead atoms. The predicted molar refractivity (Wildman–Crippen MR) is 129 cm³/mol. The second-order valence-corrected chi connectivity index (χ2v) is 9.15. The summed E-state index contributed by atoms with van der Waals surface area (Å²) in [7, 11) is 2.14. The Morgan fingerprint density at radius 3 is 2.65 bits per heavy atom. The number of pyridine rings is 3. The van der Waals surface area contributed by atoms with Gasteiger partial charge in [-0.1, -0.05) is 0 Å². The molecule has 0 atom stereocenters. The number of piperidine rings is 1. The van der Waals surface area contributed by atoms with E-state index in [1.165, 1.54) is 12.3 Å². The van der Waals surface area contributed by atoms with Crippen molar-refractivity contribution < 1.29 is 13.9 Å². The molecule has 10 heteroatoms. The molecule has 0 aliphatic carbocycles. The number of rotatable bonds is 6. The molecule has 1 saturated heterocycles. The van der Waals surface area contributed by atoms with Gasteiger partial charge in [-0.15, -0.1) is 0 Å². The number of ether oxygens (including phenoxy) is 2. The second-order valence-electron chi connectivity index (χ2n) is 9.15. The van der Waals surface area contributed by atoms with Crippen LogP contribution in [0.1, 0.15) is 24.1 Å². The van der Waals surface area contributed by atoms with Gasteiger partial charge in [-0.3, -0.25) is 14.8 Å². The van der Waals surface area contributed by atoms with Crippen molar-refractivity contribution in [3.8, 4) is 11.5 Å². The van der Waals surface area contributed by atoms with E-state index >= 15 is 0 Å². The summed E-state index contributed by atoms with van der Waals surface area (Å²) in [5.74, 6) is 1.06. The monoisotopic (exact) mass is 465 g/mol. The van der Waals surface area contributed by atoms with Crippen molar-refractivity contribution in [2.45, 2.75) is 38.9 Å². The van der Waals surface area contributed by atoms with Crippen molar-refractivity contribution >= 4 is 19.0 Å². The van der Waals surface area contributed by atoms with Crippen LogP contribution in [0.2, 0.25) is 0 Å². The molecular formula is C24H29BFN5O3. The topological polar surface area (TPSA) is 72.7 Å². The second kappa shape index (κ2) is 9.72. The largest absolute Gasteiger partial charge is 0.486 e. The minimum absolute atomic E-state index is 0.112. The molecule has 1 fully saturated rings. The molecule has 0 spiro atoms. The fourth-order valence-electron chi connectivity index (χ4n) is 4.90. The molecule has 0 N–H and O–H groups in total. The standard InChI is InChI=1S/C24H29BFN5O3/c1-16-10-23(32)30(20-11-17(26)13-28-24(16)20)7-6-29-4-2-19(3-5-29)31(25)15-18-12-21-22(14-27-18)34-9-8-33-21/h10-14,19H,2-9,15,25H2,1H3.